The quantitative estimate of drug-likeness (QED) is 0.842. The zero-order valence-corrected chi connectivity index (χ0v) is 15.8. The smallest absolute Gasteiger partial charge is 0.255 e. The molecule has 7 nitrogen and oxygen atoms in total. The molecule has 0 bridgehead atoms. The fourth-order valence-corrected chi connectivity index (χ4v) is 4.17. The van der Waals surface area contributed by atoms with Crippen LogP contribution in [0, 0.1) is 11.3 Å². The average Bonchev–Trinajstić information content (AvgIpc) is 2.70. The summed E-state index contributed by atoms with van der Waals surface area (Å²) in [6.45, 7) is 1.35. The number of hydrogen-bond acceptors (Lipinski definition) is 5. The summed E-state index contributed by atoms with van der Waals surface area (Å²) < 4.78 is 31.7. The number of carbonyl (C=O) groups is 1. The second-order valence-corrected chi connectivity index (χ2v) is 8.15. The van der Waals surface area contributed by atoms with E-state index in [1.54, 1.807) is 6.07 Å². The monoisotopic (exact) mass is 405 g/mol. The van der Waals surface area contributed by atoms with Crippen LogP contribution in [0.15, 0.2) is 47.4 Å². The maximum Gasteiger partial charge on any atom is 0.255 e. The van der Waals surface area contributed by atoms with Gasteiger partial charge in [0.15, 0.2) is 0 Å². The van der Waals surface area contributed by atoms with Crippen LogP contribution in [0.5, 0.6) is 0 Å². The number of nitrogens with zero attached hydrogens (tertiary/aromatic N) is 2. The van der Waals surface area contributed by atoms with Crippen LogP contribution < -0.4 is 5.32 Å². The Morgan fingerprint density at radius 3 is 2.44 bits per heavy atom. The van der Waals surface area contributed by atoms with Crippen LogP contribution in [0.1, 0.15) is 15.9 Å². The lowest BCUT2D eigenvalue weighted by molar-refractivity contribution is 0.0730. The highest BCUT2D eigenvalue weighted by Crippen LogP contribution is 2.21. The highest BCUT2D eigenvalue weighted by Gasteiger charge is 2.26. The Bertz CT molecular complexity index is 994. The summed E-state index contributed by atoms with van der Waals surface area (Å²) in [6, 6.07) is 12.2. The maximum absolute atomic E-state index is 12.6. The van der Waals surface area contributed by atoms with Gasteiger partial charge < -0.3 is 10.1 Å². The Kier molecular flexibility index (Phi) is 5.77. The number of sulfonamides is 1. The minimum Gasteiger partial charge on any atom is -0.379 e. The molecule has 0 unspecified atom stereocenters. The fourth-order valence-electron chi connectivity index (χ4n) is 2.61. The first-order valence-electron chi connectivity index (χ1n) is 8.11. The molecular formula is C18H16ClN3O4S. The summed E-state index contributed by atoms with van der Waals surface area (Å²) in [5, 5.41) is 11.9. The molecule has 27 heavy (non-hydrogen) atoms. The van der Waals surface area contributed by atoms with Crippen LogP contribution in [0.4, 0.5) is 5.69 Å². The van der Waals surface area contributed by atoms with Crippen molar-refractivity contribution in [2.75, 3.05) is 31.6 Å². The van der Waals surface area contributed by atoms with Gasteiger partial charge >= 0.3 is 0 Å². The predicted molar refractivity (Wildman–Crippen MR) is 100 cm³/mol. The molecule has 140 valence electrons. The zero-order chi connectivity index (χ0) is 19.4. The molecule has 1 saturated heterocycles. The van der Waals surface area contributed by atoms with E-state index in [0.717, 1.165) is 0 Å². The van der Waals surface area contributed by atoms with Crippen LogP contribution in [0.3, 0.4) is 0 Å². The number of halogens is 1. The molecule has 0 radical (unpaired) electrons. The van der Waals surface area contributed by atoms with Crippen LogP contribution >= 0.6 is 11.6 Å². The van der Waals surface area contributed by atoms with Crippen molar-refractivity contribution >= 4 is 33.2 Å². The number of carbonyl (C=O) groups excluding carboxylic acids is 1. The van der Waals surface area contributed by atoms with Gasteiger partial charge in [0, 0.05) is 24.3 Å². The molecule has 0 spiro atoms. The molecule has 2 aromatic carbocycles. The number of ether oxygens (including phenoxy) is 1. The van der Waals surface area contributed by atoms with Gasteiger partial charge in [-0.3, -0.25) is 4.79 Å². The summed E-state index contributed by atoms with van der Waals surface area (Å²) in [7, 11) is -3.61. The van der Waals surface area contributed by atoms with E-state index in [4.69, 9.17) is 21.6 Å². The molecule has 2 aromatic rings. The molecule has 3 rings (SSSR count). The van der Waals surface area contributed by atoms with E-state index >= 15 is 0 Å². The van der Waals surface area contributed by atoms with Gasteiger partial charge in [-0.1, -0.05) is 11.6 Å². The van der Waals surface area contributed by atoms with Crippen molar-refractivity contribution in [1.82, 2.24) is 4.31 Å². The molecule has 1 N–H and O–H groups in total. The van der Waals surface area contributed by atoms with Crippen molar-refractivity contribution in [2.24, 2.45) is 0 Å². The van der Waals surface area contributed by atoms with Crippen molar-refractivity contribution in [3.8, 4) is 6.07 Å². The SMILES string of the molecule is N#Cc1cc(NC(=O)c2ccc(S(=O)(=O)N3CCOCC3)cc2)ccc1Cl. The summed E-state index contributed by atoms with van der Waals surface area (Å²) in [5.41, 5.74) is 0.969. The third-order valence-electron chi connectivity index (χ3n) is 4.07. The number of rotatable bonds is 4. The Hall–Kier alpha value is -2.44. The number of hydrogen-bond donors (Lipinski definition) is 1. The number of nitriles is 1. The molecule has 0 aromatic heterocycles. The Morgan fingerprint density at radius 2 is 1.81 bits per heavy atom. The molecule has 0 atom stereocenters. The van der Waals surface area contributed by atoms with Gasteiger partial charge in [0.05, 0.1) is 28.7 Å². The normalized spacial score (nSPS) is 15.1. The Morgan fingerprint density at radius 1 is 1.15 bits per heavy atom. The summed E-state index contributed by atoms with van der Waals surface area (Å²) in [4.78, 5) is 12.5. The van der Waals surface area contributed by atoms with E-state index in [1.807, 2.05) is 6.07 Å². The van der Waals surface area contributed by atoms with Gasteiger partial charge in [0.1, 0.15) is 6.07 Å². The van der Waals surface area contributed by atoms with Crippen LogP contribution in [-0.2, 0) is 14.8 Å². The number of anilines is 1. The van der Waals surface area contributed by atoms with Gasteiger partial charge in [-0.15, -0.1) is 0 Å². The average molecular weight is 406 g/mol. The van der Waals surface area contributed by atoms with E-state index in [1.165, 1.54) is 40.7 Å². The molecule has 0 aliphatic carbocycles. The lowest BCUT2D eigenvalue weighted by Gasteiger charge is -2.26. The van der Waals surface area contributed by atoms with Gasteiger partial charge in [0.25, 0.3) is 5.91 Å². The topological polar surface area (TPSA) is 99.5 Å². The van der Waals surface area contributed by atoms with Crippen molar-refractivity contribution in [1.29, 1.82) is 5.26 Å². The summed E-state index contributed by atoms with van der Waals surface area (Å²) in [6.07, 6.45) is 0. The fraction of sp³-hybridized carbons (Fsp3) is 0.222. The third kappa shape index (κ3) is 4.28. The number of nitrogens with one attached hydrogen (secondary N) is 1. The van der Waals surface area contributed by atoms with Crippen LogP contribution in [0.25, 0.3) is 0 Å². The highest BCUT2D eigenvalue weighted by molar-refractivity contribution is 7.89. The van der Waals surface area contributed by atoms with E-state index in [9.17, 15) is 13.2 Å². The first-order valence-corrected chi connectivity index (χ1v) is 9.92. The molecule has 1 fully saturated rings. The largest absolute Gasteiger partial charge is 0.379 e. The minimum absolute atomic E-state index is 0.124. The van der Waals surface area contributed by atoms with Crippen molar-refractivity contribution in [2.45, 2.75) is 4.90 Å². The van der Waals surface area contributed by atoms with Crippen LogP contribution in [0.2, 0.25) is 5.02 Å². The van der Waals surface area contributed by atoms with E-state index in [-0.39, 0.29) is 10.5 Å². The number of morpholine rings is 1. The Labute approximate surface area is 162 Å². The molecule has 1 amide bonds. The van der Waals surface area contributed by atoms with Crippen molar-refractivity contribution in [3.63, 3.8) is 0 Å². The summed E-state index contributed by atoms with van der Waals surface area (Å²) in [5.74, 6) is -0.420. The molecule has 9 heteroatoms. The molecule has 1 aliphatic rings. The second kappa shape index (κ2) is 8.06. The second-order valence-electron chi connectivity index (χ2n) is 5.80. The van der Waals surface area contributed by atoms with E-state index < -0.39 is 15.9 Å². The van der Waals surface area contributed by atoms with Crippen molar-refractivity contribution in [3.05, 3.63) is 58.6 Å². The van der Waals surface area contributed by atoms with Gasteiger partial charge in [-0.05, 0) is 42.5 Å². The lowest BCUT2D eigenvalue weighted by Crippen LogP contribution is -2.40. The number of benzene rings is 2. The number of amides is 1. The van der Waals surface area contributed by atoms with E-state index in [2.05, 4.69) is 5.32 Å². The summed E-state index contributed by atoms with van der Waals surface area (Å²) >= 11 is 5.87. The lowest BCUT2D eigenvalue weighted by atomic mass is 10.2. The standard InChI is InChI=1S/C18H16ClN3O4S/c19-17-6-3-15(11-14(17)12-20)21-18(23)13-1-4-16(5-2-13)27(24,25)22-7-9-26-10-8-22/h1-6,11H,7-10H2,(H,21,23). The van der Waals surface area contributed by atoms with Gasteiger partial charge in [0.2, 0.25) is 10.0 Å². The van der Waals surface area contributed by atoms with E-state index in [0.29, 0.717) is 42.6 Å². The van der Waals surface area contributed by atoms with Crippen LogP contribution in [-0.4, -0.2) is 44.9 Å². The van der Waals surface area contributed by atoms with Gasteiger partial charge in [-0.25, -0.2) is 8.42 Å². The first kappa shape index (κ1) is 19.3. The molecule has 1 heterocycles. The third-order valence-corrected chi connectivity index (χ3v) is 6.31. The highest BCUT2D eigenvalue weighted by atomic mass is 35.5. The maximum atomic E-state index is 12.6. The molecule has 1 aliphatic heterocycles. The molecule has 0 saturated carbocycles. The first-order chi connectivity index (χ1) is 12.9. The minimum atomic E-state index is -3.61. The Balaban J connectivity index is 1.75. The molecular weight excluding hydrogens is 390 g/mol. The predicted octanol–water partition coefficient (Wildman–Crippen LogP) is 2.48. The zero-order valence-electron chi connectivity index (χ0n) is 14.2. The van der Waals surface area contributed by atoms with Crippen molar-refractivity contribution < 1.29 is 17.9 Å². The van der Waals surface area contributed by atoms with Gasteiger partial charge in [-0.2, -0.15) is 9.57 Å².